The van der Waals surface area contributed by atoms with Crippen LogP contribution >= 0.6 is 0 Å². The number of rotatable bonds is 2. The van der Waals surface area contributed by atoms with E-state index in [1.807, 2.05) is 24.3 Å². The van der Waals surface area contributed by atoms with Gasteiger partial charge in [-0.15, -0.1) is 0 Å². The topological polar surface area (TPSA) is 55.5 Å². The van der Waals surface area contributed by atoms with E-state index in [0.717, 1.165) is 18.6 Å². The van der Waals surface area contributed by atoms with Gasteiger partial charge < -0.3 is 15.6 Å². The molecule has 1 saturated carbocycles. The fourth-order valence-corrected chi connectivity index (χ4v) is 1.79. The van der Waals surface area contributed by atoms with E-state index in [9.17, 15) is 5.11 Å². The molecule has 0 bridgehead atoms. The summed E-state index contributed by atoms with van der Waals surface area (Å²) in [6, 6.07) is 7.46. The van der Waals surface area contributed by atoms with Crippen LogP contribution in [-0.2, 0) is 0 Å². The molecule has 1 fully saturated rings. The van der Waals surface area contributed by atoms with Crippen molar-refractivity contribution in [3.05, 3.63) is 24.3 Å². The molecule has 1 aromatic rings. The monoisotopic (exact) mass is 193 g/mol. The number of anilines is 1. The van der Waals surface area contributed by atoms with Crippen LogP contribution in [0.5, 0.6) is 5.75 Å². The lowest BCUT2D eigenvalue weighted by Crippen LogP contribution is -2.14. The molecule has 1 aliphatic carbocycles. The second-order valence-electron chi connectivity index (χ2n) is 3.74. The van der Waals surface area contributed by atoms with Gasteiger partial charge in [-0.25, -0.2) is 0 Å². The fraction of sp³-hybridized carbons (Fsp3) is 0.455. The van der Waals surface area contributed by atoms with Crippen molar-refractivity contribution in [2.24, 2.45) is 0 Å². The van der Waals surface area contributed by atoms with Crippen LogP contribution in [0.2, 0.25) is 0 Å². The van der Waals surface area contributed by atoms with Crippen LogP contribution in [0, 0.1) is 0 Å². The molecule has 2 atom stereocenters. The van der Waals surface area contributed by atoms with E-state index in [2.05, 4.69) is 0 Å². The highest BCUT2D eigenvalue weighted by Crippen LogP contribution is 2.27. The number of hydrogen-bond donors (Lipinski definition) is 2. The zero-order chi connectivity index (χ0) is 9.97. The predicted octanol–water partition coefficient (Wildman–Crippen LogP) is 1.56. The van der Waals surface area contributed by atoms with Crippen LogP contribution in [-0.4, -0.2) is 17.3 Å². The molecule has 1 aromatic carbocycles. The van der Waals surface area contributed by atoms with Gasteiger partial charge in [-0.3, -0.25) is 0 Å². The Kier molecular flexibility index (Phi) is 2.59. The minimum absolute atomic E-state index is 0.120. The van der Waals surface area contributed by atoms with E-state index in [4.69, 9.17) is 10.5 Å². The highest BCUT2D eigenvalue weighted by atomic mass is 16.5. The van der Waals surface area contributed by atoms with Gasteiger partial charge in [0.05, 0.1) is 11.8 Å². The van der Waals surface area contributed by atoms with Gasteiger partial charge in [0.1, 0.15) is 11.9 Å². The summed E-state index contributed by atoms with van der Waals surface area (Å²) in [5, 5.41) is 9.34. The third kappa shape index (κ3) is 1.99. The Hall–Kier alpha value is -1.22. The van der Waals surface area contributed by atoms with E-state index < -0.39 is 0 Å². The van der Waals surface area contributed by atoms with E-state index in [-0.39, 0.29) is 12.2 Å². The minimum atomic E-state index is -0.204. The maximum Gasteiger partial charge on any atom is 0.142 e. The van der Waals surface area contributed by atoms with Crippen LogP contribution in [0.15, 0.2) is 24.3 Å². The average Bonchev–Trinajstić information content (AvgIpc) is 2.56. The second-order valence-corrected chi connectivity index (χ2v) is 3.74. The Balaban J connectivity index is 2.01. The summed E-state index contributed by atoms with van der Waals surface area (Å²) < 4.78 is 5.69. The summed E-state index contributed by atoms with van der Waals surface area (Å²) in [6.07, 6.45) is 2.38. The number of aliphatic hydroxyl groups is 1. The summed E-state index contributed by atoms with van der Waals surface area (Å²) in [4.78, 5) is 0. The molecule has 0 aliphatic heterocycles. The van der Waals surface area contributed by atoms with Crippen molar-refractivity contribution in [2.45, 2.75) is 31.5 Å². The number of ether oxygens (including phenoxy) is 1. The summed E-state index contributed by atoms with van der Waals surface area (Å²) in [5.74, 6) is 0.728. The summed E-state index contributed by atoms with van der Waals surface area (Å²) >= 11 is 0. The lowest BCUT2D eigenvalue weighted by molar-refractivity contribution is 0.150. The van der Waals surface area contributed by atoms with Crippen molar-refractivity contribution >= 4 is 5.69 Å². The predicted molar refractivity (Wildman–Crippen MR) is 55.1 cm³/mol. The van der Waals surface area contributed by atoms with Gasteiger partial charge in [-0.05, 0) is 25.0 Å². The van der Waals surface area contributed by atoms with Crippen molar-refractivity contribution in [3.8, 4) is 5.75 Å². The lowest BCUT2D eigenvalue weighted by Gasteiger charge is -2.14. The molecular weight excluding hydrogens is 178 g/mol. The lowest BCUT2D eigenvalue weighted by atomic mass is 10.2. The van der Waals surface area contributed by atoms with E-state index in [1.165, 1.54) is 0 Å². The van der Waals surface area contributed by atoms with Crippen LogP contribution < -0.4 is 10.5 Å². The van der Waals surface area contributed by atoms with Gasteiger partial charge in [0.15, 0.2) is 0 Å². The number of nitrogen functional groups attached to an aromatic ring is 1. The Morgan fingerprint density at radius 3 is 2.71 bits per heavy atom. The minimum Gasteiger partial charge on any atom is -0.488 e. The molecule has 3 N–H and O–H groups in total. The molecule has 14 heavy (non-hydrogen) atoms. The zero-order valence-electron chi connectivity index (χ0n) is 8.02. The van der Waals surface area contributed by atoms with Gasteiger partial charge >= 0.3 is 0 Å². The zero-order valence-corrected chi connectivity index (χ0v) is 8.02. The molecule has 2 unspecified atom stereocenters. The molecule has 76 valence electrons. The van der Waals surface area contributed by atoms with Crippen molar-refractivity contribution in [1.29, 1.82) is 0 Å². The first-order chi connectivity index (χ1) is 6.75. The maximum absolute atomic E-state index is 9.34. The molecule has 0 spiro atoms. The molecule has 0 saturated heterocycles. The molecule has 0 heterocycles. The second kappa shape index (κ2) is 3.88. The highest BCUT2D eigenvalue weighted by Gasteiger charge is 2.24. The third-order valence-electron chi connectivity index (χ3n) is 2.57. The van der Waals surface area contributed by atoms with E-state index >= 15 is 0 Å². The first kappa shape index (κ1) is 9.34. The van der Waals surface area contributed by atoms with Gasteiger partial charge in [-0.2, -0.15) is 0 Å². The van der Waals surface area contributed by atoms with Crippen molar-refractivity contribution in [1.82, 2.24) is 0 Å². The summed E-state index contributed by atoms with van der Waals surface area (Å²) in [5.41, 5.74) is 6.41. The van der Waals surface area contributed by atoms with Crippen molar-refractivity contribution in [3.63, 3.8) is 0 Å². The summed E-state index contributed by atoms with van der Waals surface area (Å²) in [6.45, 7) is 0. The molecule has 3 nitrogen and oxygen atoms in total. The van der Waals surface area contributed by atoms with E-state index in [0.29, 0.717) is 12.1 Å². The first-order valence-electron chi connectivity index (χ1n) is 4.95. The van der Waals surface area contributed by atoms with Crippen LogP contribution in [0.3, 0.4) is 0 Å². The van der Waals surface area contributed by atoms with Gasteiger partial charge in [0, 0.05) is 6.42 Å². The number of aliphatic hydroxyl groups excluding tert-OH is 1. The molecule has 1 aliphatic rings. The SMILES string of the molecule is Nc1ccccc1OC1CCC(O)C1. The number of para-hydroxylation sites is 2. The van der Waals surface area contributed by atoms with Crippen LogP contribution in [0.4, 0.5) is 5.69 Å². The standard InChI is InChI=1S/C11H15NO2/c12-10-3-1-2-4-11(10)14-9-6-5-8(13)7-9/h1-4,8-9,13H,5-7,12H2. The average molecular weight is 193 g/mol. The van der Waals surface area contributed by atoms with Crippen molar-refractivity contribution < 1.29 is 9.84 Å². The van der Waals surface area contributed by atoms with Gasteiger partial charge in [-0.1, -0.05) is 12.1 Å². The first-order valence-corrected chi connectivity index (χ1v) is 4.95. The van der Waals surface area contributed by atoms with Crippen LogP contribution in [0.25, 0.3) is 0 Å². The van der Waals surface area contributed by atoms with E-state index in [1.54, 1.807) is 0 Å². The maximum atomic E-state index is 9.34. The molecule has 2 rings (SSSR count). The number of hydrogen-bond acceptors (Lipinski definition) is 3. The smallest absolute Gasteiger partial charge is 0.142 e. The van der Waals surface area contributed by atoms with Gasteiger partial charge in [0.2, 0.25) is 0 Å². The molecule has 0 amide bonds. The number of benzene rings is 1. The van der Waals surface area contributed by atoms with Crippen LogP contribution in [0.1, 0.15) is 19.3 Å². The van der Waals surface area contributed by atoms with Crippen molar-refractivity contribution in [2.75, 3.05) is 5.73 Å². The largest absolute Gasteiger partial charge is 0.488 e. The molecular formula is C11H15NO2. The highest BCUT2D eigenvalue weighted by molar-refractivity contribution is 5.51. The Morgan fingerprint density at radius 2 is 2.07 bits per heavy atom. The Labute approximate surface area is 83.5 Å². The summed E-state index contributed by atoms with van der Waals surface area (Å²) in [7, 11) is 0. The normalized spacial score (nSPS) is 26.4. The number of nitrogens with two attached hydrogens (primary N) is 1. The third-order valence-corrected chi connectivity index (χ3v) is 2.57. The van der Waals surface area contributed by atoms with Gasteiger partial charge in [0.25, 0.3) is 0 Å². The molecule has 3 heteroatoms. The molecule has 0 aromatic heterocycles. The molecule has 0 radical (unpaired) electrons. The Bertz CT molecular complexity index is 314. The Morgan fingerprint density at radius 1 is 1.29 bits per heavy atom. The fourth-order valence-electron chi connectivity index (χ4n) is 1.79. The quantitative estimate of drug-likeness (QED) is 0.701.